The first-order valence-corrected chi connectivity index (χ1v) is 8.08. The summed E-state index contributed by atoms with van der Waals surface area (Å²) in [7, 11) is 1.83. The fourth-order valence-corrected chi connectivity index (χ4v) is 3.73. The number of hydrogen-bond acceptors (Lipinski definition) is 3. The molecule has 130 valence electrons. The van der Waals surface area contributed by atoms with E-state index >= 15 is 0 Å². The average Bonchev–Trinajstić information content (AvgIpc) is 2.93. The van der Waals surface area contributed by atoms with E-state index in [0.717, 1.165) is 16.8 Å². The lowest BCUT2D eigenvalue weighted by Crippen LogP contribution is -2.33. The van der Waals surface area contributed by atoms with E-state index in [0.29, 0.717) is 31.5 Å². The van der Waals surface area contributed by atoms with Crippen molar-refractivity contribution in [2.24, 2.45) is 5.92 Å². The van der Waals surface area contributed by atoms with E-state index in [2.05, 4.69) is 20.3 Å². The fraction of sp³-hybridized carbons (Fsp3) is 0.529. The Hall–Kier alpha value is -1.89. The van der Waals surface area contributed by atoms with E-state index in [4.69, 9.17) is 0 Å². The highest BCUT2D eigenvalue weighted by atomic mass is 19.4. The summed E-state index contributed by atoms with van der Waals surface area (Å²) >= 11 is 0. The zero-order valence-corrected chi connectivity index (χ0v) is 13.7. The van der Waals surface area contributed by atoms with Crippen LogP contribution in [-0.4, -0.2) is 28.2 Å². The van der Waals surface area contributed by atoms with Gasteiger partial charge in [0, 0.05) is 24.1 Å². The topological polar surface area (TPSA) is 53.6 Å². The monoisotopic (exact) mass is 338 g/mol. The second kappa shape index (κ2) is 6.55. The van der Waals surface area contributed by atoms with Crippen molar-refractivity contribution >= 4 is 0 Å². The molecule has 0 bridgehead atoms. The van der Waals surface area contributed by atoms with E-state index in [1.165, 1.54) is 6.33 Å². The molecule has 2 heterocycles. The maximum atomic E-state index is 13.8. The highest BCUT2D eigenvalue weighted by Crippen LogP contribution is 2.45. The molecule has 1 aliphatic carbocycles. The quantitative estimate of drug-likeness (QED) is 0.899. The molecule has 0 radical (unpaired) electrons. The van der Waals surface area contributed by atoms with Gasteiger partial charge in [0.2, 0.25) is 0 Å². The van der Waals surface area contributed by atoms with Gasteiger partial charge >= 0.3 is 6.18 Å². The van der Waals surface area contributed by atoms with E-state index in [9.17, 15) is 13.2 Å². The predicted octanol–water partition coefficient (Wildman–Crippen LogP) is 3.28. The maximum Gasteiger partial charge on any atom is 0.397 e. The van der Waals surface area contributed by atoms with Gasteiger partial charge < -0.3 is 10.3 Å². The van der Waals surface area contributed by atoms with Crippen LogP contribution in [-0.2, 0) is 19.4 Å². The Balaban J connectivity index is 1.96. The molecule has 0 fully saturated rings. The van der Waals surface area contributed by atoms with Crippen LogP contribution < -0.4 is 5.32 Å². The number of hydrogen-bond donors (Lipinski definition) is 2. The lowest BCUT2D eigenvalue weighted by atomic mass is 9.75. The van der Waals surface area contributed by atoms with Gasteiger partial charge in [0.05, 0.1) is 17.9 Å². The van der Waals surface area contributed by atoms with Crippen molar-refractivity contribution in [3.05, 3.63) is 46.8 Å². The first-order chi connectivity index (χ1) is 11.4. The average molecular weight is 338 g/mol. The molecule has 0 spiro atoms. The number of rotatable bonds is 4. The van der Waals surface area contributed by atoms with Gasteiger partial charge in [-0.15, -0.1) is 0 Å². The van der Waals surface area contributed by atoms with Gasteiger partial charge in [-0.05, 0) is 56.3 Å². The molecule has 2 unspecified atom stereocenters. The number of fused-ring (bicyclic) bond motifs is 1. The molecule has 0 saturated heterocycles. The number of pyridine rings is 1. The van der Waals surface area contributed by atoms with Crippen LogP contribution in [0.25, 0.3) is 0 Å². The summed E-state index contributed by atoms with van der Waals surface area (Å²) in [4.78, 5) is 11.0. The molecule has 0 amide bonds. The molecule has 7 heteroatoms. The Kier molecular flexibility index (Phi) is 4.62. The van der Waals surface area contributed by atoms with Crippen LogP contribution in [0.5, 0.6) is 0 Å². The minimum absolute atomic E-state index is 0.190. The second-order valence-corrected chi connectivity index (χ2v) is 6.35. The van der Waals surface area contributed by atoms with Crippen molar-refractivity contribution < 1.29 is 13.2 Å². The van der Waals surface area contributed by atoms with Crippen LogP contribution in [0, 0.1) is 12.8 Å². The fourth-order valence-electron chi connectivity index (χ4n) is 3.73. The molecule has 4 nitrogen and oxygen atoms in total. The minimum Gasteiger partial charge on any atom is -0.348 e. The summed E-state index contributed by atoms with van der Waals surface area (Å²) in [5.41, 5.74) is 3.55. The summed E-state index contributed by atoms with van der Waals surface area (Å²) in [6.07, 6.45) is 0.233. The number of aromatic amines is 1. The highest BCUT2D eigenvalue weighted by molar-refractivity contribution is 5.34. The van der Waals surface area contributed by atoms with Gasteiger partial charge in [0.15, 0.2) is 0 Å². The van der Waals surface area contributed by atoms with Crippen molar-refractivity contribution in [2.75, 3.05) is 7.05 Å². The lowest BCUT2D eigenvalue weighted by molar-refractivity contribution is -0.164. The molecule has 0 saturated carbocycles. The van der Waals surface area contributed by atoms with Crippen molar-refractivity contribution in [2.45, 2.75) is 44.8 Å². The van der Waals surface area contributed by atoms with Crippen LogP contribution in [0.15, 0.2) is 18.6 Å². The number of nitrogens with one attached hydrogen (secondary N) is 2. The summed E-state index contributed by atoms with van der Waals surface area (Å²) in [5.74, 6) is -2.02. The number of nitrogens with zero attached hydrogens (tertiary/aromatic N) is 2. The molecular formula is C17H21F3N4. The van der Waals surface area contributed by atoms with Gasteiger partial charge in [-0.3, -0.25) is 4.98 Å². The summed E-state index contributed by atoms with van der Waals surface area (Å²) in [6, 6.07) is 1.89. The van der Waals surface area contributed by atoms with Crippen LogP contribution >= 0.6 is 0 Å². The zero-order chi connectivity index (χ0) is 17.3. The number of aryl methyl sites for hydroxylation is 2. The van der Waals surface area contributed by atoms with Crippen LogP contribution in [0.2, 0.25) is 0 Å². The van der Waals surface area contributed by atoms with Crippen LogP contribution in [0.3, 0.4) is 0 Å². The van der Waals surface area contributed by atoms with Gasteiger partial charge in [0.1, 0.15) is 0 Å². The predicted molar refractivity (Wildman–Crippen MR) is 84.6 cm³/mol. The molecule has 2 aromatic rings. The second-order valence-electron chi connectivity index (χ2n) is 6.35. The number of alkyl halides is 3. The van der Waals surface area contributed by atoms with Crippen molar-refractivity contribution in [3.63, 3.8) is 0 Å². The molecule has 2 N–H and O–H groups in total. The van der Waals surface area contributed by atoms with E-state index in [1.807, 2.05) is 13.1 Å². The summed E-state index contributed by atoms with van der Waals surface area (Å²) in [6.45, 7) is 2.26. The van der Waals surface area contributed by atoms with E-state index in [-0.39, 0.29) is 5.69 Å². The van der Waals surface area contributed by atoms with Gasteiger partial charge in [-0.1, -0.05) is 0 Å². The first-order valence-electron chi connectivity index (χ1n) is 8.08. The third-order valence-corrected chi connectivity index (χ3v) is 4.83. The Morgan fingerprint density at radius 2 is 2.17 bits per heavy atom. The zero-order valence-electron chi connectivity index (χ0n) is 13.7. The lowest BCUT2D eigenvalue weighted by Gasteiger charge is -2.33. The SMILES string of the molecule is CNCc1ccnc2c1CC(C(c1[nH]cnc1C)C(F)(F)F)CC2. The molecule has 3 rings (SSSR count). The van der Waals surface area contributed by atoms with Gasteiger partial charge in [-0.25, -0.2) is 4.98 Å². The third-order valence-electron chi connectivity index (χ3n) is 4.83. The minimum atomic E-state index is -4.30. The Morgan fingerprint density at radius 1 is 1.38 bits per heavy atom. The Bertz CT molecular complexity index is 708. The summed E-state index contributed by atoms with van der Waals surface area (Å²) in [5, 5.41) is 3.08. The molecule has 0 aromatic carbocycles. The molecule has 24 heavy (non-hydrogen) atoms. The number of imidazole rings is 1. The number of H-pyrrole nitrogens is 1. The first kappa shape index (κ1) is 17.0. The maximum absolute atomic E-state index is 13.8. The van der Waals surface area contributed by atoms with Crippen molar-refractivity contribution in [1.82, 2.24) is 20.3 Å². The molecule has 2 atom stereocenters. The molecule has 1 aliphatic rings. The van der Waals surface area contributed by atoms with Gasteiger partial charge in [0.25, 0.3) is 0 Å². The number of halogens is 3. The largest absolute Gasteiger partial charge is 0.397 e. The molecular weight excluding hydrogens is 317 g/mol. The third kappa shape index (κ3) is 3.17. The smallest absolute Gasteiger partial charge is 0.348 e. The van der Waals surface area contributed by atoms with Crippen LogP contribution in [0.1, 0.15) is 40.5 Å². The standard InChI is InChI=1S/C17H21F3N4/c1-10-16(24-9-23-10)15(17(18,19)20)11-3-4-14-13(7-11)12(8-21-2)5-6-22-14/h5-6,9,11,15,21H,3-4,7-8H2,1-2H3,(H,23,24). The van der Waals surface area contributed by atoms with Crippen LogP contribution in [0.4, 0.5) is 13.2 Å². The van der Waals surface area contributed by atoms with Crippen molar-refractivity contribution in [3.8, 4) is 0 Å². The molecule has 0 aliphatic heterocycles. The number of aromatic nitrogens is 3. The normalized spacial score (nSPS) is 19.1. The Morgan fingerprint density at radius 3 is 2.79 bits per heavy atom. The van der Waals surface area contributed by atoms with Crippen molar-refractivity contribution in [1.29, 1.82) is 0 Å². The van der Waals surface area contributed by atoms with Gasteiger partial charge in [-0.2, -0.15) is 13.2 Å². The molecule has 2 aromatic heterocycles. The highest BCUT2D eigenvalue weighted by Gasteiger charge is 2.48. The van der Waals surface area contributed by atoms with E-state index < -0.39 is 18.0 Å². The summed E-state index contributed by atoms with van der Waals surface area (Å²) < 4.78 is 41.4. The van der Waals surface area contributed by atoms with E-state index in [1.54, 1.807) is 13.1 Å². The Labute approximate surface area is 138 Å².